The van der Waals surface area contributed by atoms with Crippen molar-refractivity contribution in [1.82, 2.24) is 9.78 Å². The number of benzene rings is 1. The molecule has 1 aromatic carbocycles. The molecule has 0 amide bonds. The molecule has 0 bridgehead atoms. The third-order valence-electron chi connectivity index (χ3n) is 4.22. The molecule has 0 saturated carbocycles. The van der Waals surface area contributed by atoms with Gasteiger partial charge in [-0.15, -0.1) is 0 Å². The fourth-order valence-electron chi connectivity index (χ4n) is 3.06. The summed E-state index contributed by atoms with van der Waals surface area (Å²) in [6.07, 6.45) is 0.0165. The number of rotatable bonds is 4. The van der Waals surface area contributed by atoms with Crippen LogP contribution < -0.4 is 5.32 Å². The van der Waals surface area contributed by atoms with Gasteiger partial charge in [-0.05, 0) is 19.4 Å². The number of nitrogens with one attached hydrogen (secondary N) is 1. The third-order valence-corrected chi connectivity index (χ3v) is 4.22. The minimum absolute atomic E-state index is 0.0165. The molecular weight excluding hydrogens is 330 g/mol. The number of ether oxygens (including phenoxy) is 1. The summed E-state index contributed by atoms with van der Waals surface area (Å²) in [6.45, 7) is 3.77. The number of hydrogen-bond donors (Lipinski definition) is 1. The first-order valence-corrected chi connectivity index (χ1v) is 8.21. The predicted molar refractivity (Wildman–Crippen MR) is 94.6 cm³/mol. The minimum atomic E-state index is -0.471. The van der Waals surface area contributed by atoms with Gasteiger partial charge in [-0.3, -0.25) is 0 Å². The molecule has 1 atom stereocenters. The van der Waals surface area contributed by atoms with Crippen LogP contribution >= 0.6 is 0 Å². The maximum atomic E-state index is 12.6. The predicted octanol–water partition coefficient (Wildman–Crippen LogP) is 2.78. The van der Waals surface area contributed by atoms with E-state index < -0.39 is 12.0 Å². The zero-order valence-electron chi connectivity index (χ0n) is 14.5. The van der Waals surface area contributed by atoms with Crippen LogP contribution in [0.5, 0.6) is 0 Å². The normalized spacial score (nSPS) is 15.5. The van der Waals surface area contributed by atoms with E-state index in [0.29, 0.717) is 28.3 Å². The van der Waals surface area contributed by atoms with Gasteiger partial charge >= 0.3 is 5.97 Å². The van der Waals surface area contributed by atoms with Gasteiger partial charge in [0, 0.05) is 0 Å². The second kappa shape index (κ2) is 7.12. The van der Waals surface area contributed by atoms with Crippen LogP contribution in [0.15, 0.2) is 35.9 Å². The largest absolute Gasteiger partial charge is 0.463 e. The van der Waals surface area contributed by atoms with Crippen molar-refractivity contribution in [3.05, 3.63) is 52.7 Å². The Balaban J connectivity index is 2.21. The van der Waals surface area contributed by atoms with Gasteiger partial charge in [0.2, 0.25) is 0 Å². The summed E-state index contributed by atoms with van der Waals surface area (Å²) in [5.74, 6) is 0.0463. The lowest BCUT2D eigenvalue weighted by Gasteiger charge is -2.29. The number of carbonyl (C=O) groups is 1. The van der Waals surface area contributed by atoms with Crippen molar-refractivity contribution in [3.8, 4) is 12.1 Å². The highest BCUT2D eigenvalue weighted by Gasteiger charge is 2.34. The van der Waals surface area contributed by atoms with E-state index in [1.165, 1.54) is 4.68 Å². The molecule has 0 spiro atoms. The van der Waals surface area contributed by atoms with E-state index in [4.69, 9.17) is 10.00 Å². The van der Waals surface area contributed by atoms with E-state index in [9.17, 15) is 10.1 Å². The summed E-state index contributed by atoms with van der Waals surface area (Å²) in [6, 6.07) is 13.1. The Hall–Kier alpha value is -3.58. The Morgan fingerprint density at radius 2 is 2.08 bits per heavy atom. The molecule has 1 N–H and O–H groups in total. The average molecular weight is 347 g/mol. The molecule has 0 fully saturated rings. The number of nitrogens with zero attached hydrogens (tertiary/aromatic N) is 4. The molecule has 0 saturated heterocycles. The Morgan fingerprint density at radius 1 is 1.35 bits per heavy atom. The van der Waals surface area contributed by atoms with E-state index in [1.807, 2.05) is 36.4 Å². The summed E-state index contributed by atoms with van der Waals surface area (Å²) in [5.41, 5.74) is 2.57. The average Bonchev–Trinajstić information content (AvgIpc) is 3.00. The molecule has 0 radical (unpaired) electrons. The van der Waals surface area contributed by atoms with Gasteiger partial charge in [0.1, 0.15) is 17.5 Å². The number of hydrogen-bond acceptors (Lipinski definition) is 6. The molecule has 1 aliphatic heterocycles. The smallest absolute Gasteiger partial charge is 0.338 e. The van der Waals surface area contributed by atoms with Gasteiger partial charge in [0.15, 0.2) is 0 Å². The number of esters is 1. The van der Waals surface area contributed by atoms with Crippen molar-refractivity contribution in [2.24, 2.45) is 0 Å². The highest BCUT2D eigenvalue weighted by molar-refractivity contribution is 5.98. The van der Waals surface area contributed by atoms with Gasteiger partial charge in [-0.1, -0.05) is 30.3 Å². The van der Waals surface area contributed by atoms with E-state index in [0.717, 1.165) is 5.56 Å². The molecule has 7 heteroatoms. The van der Waals surface area contributed by atoms with E-state index in [1.54, 1.807) is 13.8 Å². The van der Waals surface area contributed by atoms with Crippen LogP contribution in [-0.4, -0.2) is 22.4 Å². The molecule has 1 aromatic heterocycles. The van der Waals surface area contributed by atoms with Crippen molar-refractivity contribution in [2.75, 3.05) is 11.9 Å². The summed E-state index contributed by atoms with van der Waals surface area (Å²) in [4.78, 5) is 12.6. The molecule has 7 nitrogen and oxygen atoms in total. The lowest BCUT2D eigenvalue weighted by Crippen LogP contribution is -2.28. The van der Waals surface area contributed by atoms with Crippen molar-refractivity contribution in [1.29, 1.82) is 10.5 Å². The van der Waals surface area contributed by atoms with Crippen LogP contribution in [0.1, 0.15) is 36.7 Å². The Kier molecular flexibility index (Phi) is 4.72. The lowest BCUT2D eigenvalue weighted by atomic mass is 9.95. The van der Waals surface area contributed by atoms with Gasteiger partial charge in [-0.25, -0.2) is 9.48 Å². The standard InChI is InChI=1S/C19H17N5O2/c1-3-26-19(25)16-12(2)24-18(14(11-21)15(23-24)9-10-20)22-17(16)13-7-5-4-6-8-13/h4-8,17,22H,3,9H2,1-2H3. The number of allylic oxidation sites excluding steroid dienone is 1. The third kappa shape index (κ3) is 2.80. The van der Waals surface area contributed by atoms with Crippen LogP contribution in [0, 0.1) is 22.7 Å². The molecular formula is C19H17N5O2. The molecule has 0 aliphatic carbocycles. The van der Waals surface area contributed by atoms with Crippen molar-refractivity contribution in [3.63, 3.8) is 0 Å². The first-order valence-electron chi connectivity index (χ1n) is 8.21. The number of nitriles is 2. The van der Waals surface area contributed by atoms with Crippen molar-refractivity contribution in [2.45, 2.75) is 26.3 Å². The van der Waals surface area contributed by atoms with Crippen molar-refractivity contribution >= 4 is 17.5 Å². The second-order valence-electron chi connectivity index (χ2n) is 5.74. The molecule has 1 unspecified atom stereocenters. The first kappa shape index (κ1) is 17.2. The number of aromatic nitrogens is 2. The summed E-state index contributed by atoms with van der Waals surface area (Å²) in [7, 11) is 0. The van der Waals surface area contributed by atoms with Gasteiger partial charge in [0.25, 0.3) is 0 Å². The maximum absolute atomic E-state index is 12.6. The van der Waals surface area contributed by atoms with Gasteiger partial charge < -0.3 is 10.1 Å². The molecule has 3 rings (SSSR count). The zero-order chi connectivity index (χ0) is 18.7. The van der Waals surface area contributed by atoms with E-state index >= 15 is 0 Å². The van der Waals surface area contributed by atoms with Gasteiger partial charge in [0.05, 0.1) is 42.1 Å². The first-order chi connectivity index (χ1) is 12.6. The van der Waals surface area contributed by atoms with E-state index in [-0.39, 0.29) is 13.0 Å². The molecule has 2 aromatic rings. The van der Waals surface area contributed by atoms with Gasteiger partial charge in [-0.2, -0.15) is 15.6 Å². The highest BCUT2D eigenvalue weighted by atomic mass is 16.5. The molecule has 1 aliphatic rings. The SMILES string of the molecule is CCOC(=O)C1=C(C)n2nc(CC#N)c(C#N)c2NC1c1ccccc1. The van der Waals surface area contributed by atoms with Crippen molar-refractivity contribution < 1.29 is 9.53 Å². The zero-order valence-corrected chi connectivity index (χ0v) is 14.5. The number of fused-ring (bicyclic) bond motifs is 1. The second-order valence-corrected chi connectivity index (χ2v) is 5.74. The van der Waals surface area contributed by atoms with Crippen LogP contribution in [-0.2, 0) is 16.0 Å². The topological polar surface area (TPSA) is 104 Å². The maximum Gasteiger partial charge on any atom is 0.338 e. The Bertz CT molecular complexity index is 960. The molecule has 26 heavy (non-hydrogen) atoms. The quantitative estimate of drug-likeness (QED) is 0.853. The summed E-state index contributed by atoms with van der Waals surface area (Å²) >= 11 is 0. The fourth-order valence-corrected chi connectivity index (χ4v) is 3.06. The Labute approximate surface area is 151 Å². The fraction of sp³-hybridized carbons (Fsp3) is 0.263. The minimum Gasteiger partial charge on any atom is -0.463 e. The number of anilines is 1. The van der Waals surface area contributed by atoms with Crippen LogP contribution in [0.25, 0.3) is 5.70 Å². The summed E-state index contributed by atoms with van der Waals surface area (Å²) < 4.78 is 6.74. The van der Waals surface area contributed by atoms with E-state index in [2.05, 4.69) is 16.5 Å². The van der Waals surface area contributed by atoms with Crippen LogP contribution in [0.3, 0.4) is 0 Å². The summed E-state index contributed by atoms with van der Waals surface area (Å²) in [5, 5.41) is 26.1. The lowest BCUT2D eigenvalue weighted by molar-refractivity contribution is -0.138. The Morgan fingerprint density at radius 3 is 2.69 bits per heavy atom. The van der Waals surface area contributed by atoms with Crippen LogP contribution in [0.2, 0.25) is 0 Å². The molecule has 130 valence electrons. The van der Waals surface area contributed by atoms with Crippen LogP contribution in [0.4, 0.5) is 5.82 Å². The highest BCUT2D eigenvalue weighted by Crippen LogP contribution is 2.38. The molecule has 2 heterocycles. The number of carbonyl (C=O) groups excluding carboxylic acids is 1. The monoisotopic (exact) mass is 347 g/mol.